The van der Waals surface area contributed by atoms with E-state index >= 15 is 0 Å². The first-order valence-corrected chi connectivity index (χ1v) is 9.07. The molecule has 0 aromatic rings. The van der Waals surface area contributed by atoms with Gasteiger partial charge < -0.3 is 37.0 Å². The Morgan fingerprint density at radius 3 is 1.50 bits per heavy atom. The van der Waals surface area contributed by atoms with Crippen LogP contribution < -0.4 is 21.7 Å². The third-order valence-electron chi connectivity index (χ3n) is 3.76. The average molecular weight is 432 g/mol. The molecule has 0 aliphatic carbocycles. The largest absolute Gasteiger partial charge is 0.481 e. The topological polar surface area (TPSA) is 225 Å². The fraction of sp³-hybridized carbons (Fsp3) is 0.647. The quantitative estimate of drug-likeness (QED) is 0.167. The zero-order valence-electron chi connectivity index (χ0n) is 16.9. The summed E-state index contributed by atoms with van der Waals surface area (Å²) in [7, 11) is 0. The predicted molar refractivity (Wildman–Crippen MR) is 101 cm³/mol. The highest BCUT2D eigenvalue weighted by molar-refractivity contribution is 5.96. The number of carboxylic acids is 3. The van der Waals surface area contributed by atoms with Crippen molar-refractivity contribution in [3.8, 4) is 0 Å². The summed E-state index contributed by atoms with van der Waals surface area (Å²) in [4.78, 5) is 69.7. The van der Waals surface area contributed by atoms with Crippen LogP contribution in [0.3, 0.4) is 0 Å². The second-order valence-electron chi connectivity index (χ2n) is 7.14. The number of nitrogens with one attached hydrogen (secondary N) is 3. The Labute approximate surface area is 172 Å². The number of hydrogen-bond donors (Lipinski definition) is 7. The van der Waals surface area contributed by atoms with E-state index in [1.54, 1.807) is 13.8 Å². The van der Waals surface area contributed by atoms with Gasteiger partial charge in [0.25, 0.3) is 0 Å². The number of carboxylic acid groups (broad SMARTS) is 3. The van der Waals surface area contributed by atoms with Crippen LogP contribution in [0.15, 0.2) is 0 Å². The summed E-state index contributed by atoms with van der Waals surface area (Å²) < 4.78 is 0. The van der Waals surface area contributed by atoms with Gasteiger partial charge in [-0.1, -0.05) is 13.8 Å². The summed E-state index contributed by atoms with van der Waals surface area (Å²) in [5, 5.41) is 33.2. The molecule has 0 saturated carbocycles. The van der Waals surface area contributed by atoms with Crippen molar-refractivity contribution in [3.63, 3.8) is 0 Å². The van der Waals surface area contributed by atoms with Crippen LogP contribution in [0.2, 0.25) is 0 Å². The van der Waals surface area contributed by atoms with E-state index in [1.165, 1.54) is 6.92 Å². The summed E-state index contributed by atoms with van der Waals surface area (Å²) >= 11 is 0. The SMILES string of the molecule is CC(C)C[C@H](NC(=O)[C@H](C)N)C(=O)N[C@@H](CC(=O)O)C(=O)N[C@@H](CC(=O)O)C(=O)O. The Morgan fingerprint density at radius 1 is 0.700 bits per heavy atom. The van der Waals surface area contributed by atoms with Crippen molar-refractivity contribution in [1.82, 2.24) is 16.0 Å². The molecule has 30 heavy (non-hydrogen) atoms. The van der Waals surface area contributed by atoms with Crippen molar-refractivity contribution in [2.45, 2.75) is 64.2 Å². The van der Waals surface area contributed by atoms with E-state index < -0.39 is 72.6 Å². The van der Waals surface area contributed by atoms with Crippen molar-refractivity contribution in [3.05, 3.63) is 0 Å². The Kier molecular flexibility index (Phi) is 11.0. The van der Waals surface area contributed by atoms with Crippen molar-refractivity contribution >= 4 is 35.6 Å². The summed E-state index contributed by atoms with van der Waals surface area (Å²) in [6, 6.07) is -5.57. The number of carbonyl (C=O) groups excluding carboxylic acids is 3. The molecular formula is C17H28N4O9. The number of hydrogen-bond acceptors (Lipinski definition) is 7. The van der Waals surface area contributed by atoms with Crippen LogP contribution in [-0.4, -0.2) is 75.1 Å². The Hall–Kier alpha value is -3.22. The van der Waals surface area contributed by atoms with Crippen LogP contribution in [0, 0.1) is 5.92 Å². The minimum absolute atomic E-state index is 0.0622. The third kappa shape index (κ3) is 10.4. The molecule has 4 atom stereocenters. The van der Waals surface area contributed by atoms with Crippen LogP contribution in [0.5, 0.6) is 0 Å². The molecule has 0 aromatic carbocycles. The van der Waals surface area contributed by atoms with Gasteiger partial charge in [-0.2, -0.15) is 0 Å². The fourth-order valence-corrected chi connectivity index (χ4v) is 2.31. The third-order valence-corrected chi connectivity index (χ3v) is 3.76. The summed E-state index contributed by atoms with van der Waals surface area (Å²) in [5.41, 5.74) is 5.46. The van der Waals surface area contributed by atoms with Crippen LogP contribution in [0.25, 0.3) is 0 Å². The molecule has 13 heteroatoms. The molecule has 0 fully saturated rings. The molecule has 0 heterocycles. The van der Waals surface area contributed by atoms with E-state index in [-0.39, 0.29) is 12.3 Å². The smallest absolute Gasteiger partial charge is 0.326 e. The molecule has 0 aliphatic heterocycles. The standard InChI is InChI=1S/C17H28N4O9/c1-7(2)4-9(19-14(26)8(3)18)15(27)20-10(5-12(22)23)16(28)21-11(17(29)30)6-13(24)25/h7-11H,4-6,18H2,1-3H3,(H,19,26)(H,20,27)(H,21,28)(H,22,23)(H,24,25)(H,29,30)/t8-,9-,10-,11-/m0/s1. The van der Waals surface area contributed by atoms with E-state index in [0.29, 0.717) is 0 Å². The summed E-state index contributed by atoms with van der Waals surface area (Å²) in [6.07, 6.45) is -1.69. The van der Waals surface area contributed by atoms with Gasteiger partial charge in [0.1, 0.15) is 18.1 Å². The lowest BCUT2D eigenvalue weighted by atomic mass is 10.0. The first kappa shape index (κ1) is 26.8. The molecule has 13 nitrogen and oxygen atoms in total. The number of aliphatic carboxylic acids is 3. The lowest BCUT2D eigenvalue weighted by Gasteiger charge is -2.25. The number of nitrogens with two attached hydrogens (primary N) is 1. The maximum absolute atomic E-state index is 12.6. The summed E-state index contributed by atoms with van der Waals surface area (Å²) in [5.74, 6) is -7.38. The highest BCUT2D eigenvalue weighted by Crippen LogP contribution is 2.07. The molecule has 8 N–H and O–H groups in total. The average Bonchev–Trinajstić information content (AvgIpc) is 2.58. The van der Waals surface area contributed by atoms with E-state index in [9.17, 15) is 28.8 Å². The molecule has 0 bridgehead atoms. The molecule has 170 valence electrons. The zero-order valence-corrected chi connectivity index (χ0v) is 16.9. The Morgan fingerprint density at radius 2 is 1.10 bits per heavy atom. The van der Waals surface area contributed by atoms with Gasteiger partial charge in [-0.3, -0.25) is 24.0 Å². The first-order chi connectivity index (χ1) is 13.7. The van der Waals surface area contributed by atoms with Gasteiger partial charge in [0, 0.05) is 0 Å². The molecule has 0 saturated heterocycles. The van der Waals surface area contributed by atoms with Gasteiger partial charge in [-0.15, -0.1) is 0 Å². The first-order valence-electron chi connectivity index (χ1n) is 9.07. The molecule has 0 aromatic heterocycles. The second kappa shape index (κ2) is 12.4. The van der Waals surface area contributed by atoms with Gasteiger partial charge in [-0.25, -0.2) is 4.79 Å². The van der Waals surface area contributed by atoms with E-state index in [1.807, 2.05) is 5.32 Å². The molecule has 0 spiro atoms. The van der Waals surface area contributed by atoms with E-state index in [4.69, 9.17) is 21.1 Å². The highest BCUT2D eigenvalue weighted by Gasteiger charge is 2.32. The molecule has 0 rings (SSSR count). The molecule has 0 aliphatic rings. The number of carbonyl (C=O) groups is 6. The van der Waals surface area contributed by atoms with Gasteiger partial charge in [0.15, 0.2) is 0 Å². The molecule has 3 amide bonds. The van der Waals surface area contributed by atoms with Gasteiger partial charge >= 0.3 is 17.9 Å². The van der Waals surface area contributed by atoms with Gasteiger partial charge in [0.2, 0.25) is 17.7 Å². The number of rotatable bonds is 13. The maximum Gasteiger partial charge on any atom is 0.326 e. The van der Waals surface area contributed by atoms with Crippen molar-refractivity contribution in [2.75, 3.05) is 0 Å². The minimum atomic E-state index is -1.83. The maximum atomic E-state index is 12.6. The van der Waals surface area contributed by atoms with E-state index in [0.717, 1.165) is 0 Å². The lowest BCUT2D eigenvalue weighted by molar-refractivity contribution is -0.148. The van der Waals surface area contributed by atoms with Crippen molar-refractivity contribution < 1.29 is 44.1 Å². The van der Waals surface area contributed by atoms with Crippen LogP contribution >= 0.6 is 0 Å². The van der Waals surface area contributed by atoms with Crippen LogP contribution in [-0.2, 0) is 28.8 Å². The van der Waals surface area contributed by atoms with Crippen molar-refractivity contribution in [1.29, 1.82) is 0 Å². The zero-order chi connectivity index (χ0) is 23.6. The van der Waals surface area contributed by atoms with Crippen molar-refractivity contribution in [2.24, 2.45) is 11.7 Å². The van der Waals surface area contributed by atoms with Crippen LogP contribution in [0.1, 0.15) is 40.0 Å². The number of amides is 3. The fourth-order valence-electron chi connectivity index (χ4n) is 2.31. The van der Waals surface area contributed by atoms with E-state index in [2.05, 4.69) is 10.6 Å². The van der Waals surface area contributed by atoms with Crippen LogP contribution in [0.4, 0.5) is 0 Å². The Balaban J connectivity index is 5.47. The molecule has 0 unspecified atom stereocenters. The predicted octanol–water partition coefficient (Wildman–Crippen LogP) is -2.13. The molecule has 0 radical (unpaired) electrons. The Bertz CT molecular complexity index is 678. The van der Waals surface area contributed by atoms with Gasteiger partial charge in [-0.05, 0) is 19.3 Å². The summed E-state index contributed by atoms with van der Waals surface area (Å²) in [6.45, 7) is 4.93. The molecular weight excluding hydrogens is 404 g/mol. The minimum Gasteiger partial charge on any atom is -0.481 e. The van der Waals surface area contributed by atoms with Gasteiger partial charge in [0.05, 0.1) is 18.9 Å². The second-order valence-corrected chi connectivity index (χ2v) is 7.14. The monoisotopic (exact) mass is 432 g/mol. The highest BCUT2D eigenvalue weighted by atomic mass is 16.4. The normalized spacial score (nSPS) is 14.7. The lowest BCUT2D eigenvalue weighted by Crippen LogP contribution is -2.57.